The summed E-state index contributed by atoms with van der Waals surface area (Å²) in [5.74, 6) is -2.00. The highest BCUT2D eigenvalue weighted by atomic mass is 19.1. The van der Waals surface area contributed by atoms with Gasteiger partial charge in [-0.05, 0) is 74.0 Å². The van der Waals surface area contributed by atoms with Gasteiger partial charge in [-0.15, -0.1) is 0 Å². The lowest BCUT2D eigenvalue weighted by Crippen LogP contribution is -2.55. The van der Waals surface area contributed by atoms with Gasteiger partial charge in [0.25, 0.3) is 5.56 Å². The standard InChI is InChI=1S/C25H27FN2O4/c1-4-25(31)17-8-20-22-15(10-28(20)23(29)16(17)11-32-24(25,3)30)14-7-5-6-13-12(2)18(26)9-19(27-22)21(13)14/h8-9,19,27,30-31H,4-7,10-11H2,1-3H3/t19?,24-,25-/m0/s1. The van der Waals surface area contributed by atoms with Gasteiger partial charge in [-0.2, -0.15) is 0 Å². The third-order valence-corrected chi connectivity index (χ3v) is 8.10. The van der Waals surface area contributed by atoms with Gasteiger partial charge in [0.05, 0.1) is 30.6 Å². The molecule has 3 aliphatic heterocycles. The summed E-state index contributed by atoms with van der Waals surface area (Å²) in [4.78, 5) is 13.5. The minimum atomic E-state index is -1.80. The fourth-order valence-corrected chi connectivity index (χ4v) is 6.20. The average Bonchev–Trinajstić information content (AvgIpc) is 3.14. The van der Waals surface area contributed by atoms with E-state index >= 15 is 0 Å². The second-order valence-electron chi connectivity index (χ2n) is 9.64. The molecule has 32 heavy (non-hydrogen) atoms. The number of nitrogens with one attached hydrogen (secondary N) is 1. The first-order valence-corrected chi connectivity index (χ1v) is 11.3. The quantitative estimate of drug-likeness (QED) is 0.628. The monoisotopic (exact) mass is 438 g/mol. The molecule has 0 bridgehead atoms. The fourth-order valence-electron chi connectivity index (χ4n) is 6.20. The van der Waals surface area contributed by atoms with Crippen LogP contribution in [0.15, 0.2) is 50.6 Å². The third kappa shape index (κ3) is 2.31. The van der Waals surface area contributed by atoms with Crippen molar-refractivity contribution in [2.45, 2.75) is 77.0 Å². The minimum absolute atomic E-state index is 0.0571. The second kappa shape index (κ2) is 6.31. The van der Waals surface area contributed by atoms with Gasteiger partial charge >= 0.3 is 0 Å². The second-order valence-corrected chi connectivity index (χ2v) is 9.64. The van der Waals surface area contributed by atoms with Gasteiger partial charge < -0.3 is 24.8 Å². The van der Waals surface area contributed by atoms with Crippen molar-refractivity contribution in [1.29, 1.82) is 0 Å². The Bertz CT molecular complexity index is 1280. The highest BCUT2D eigenvalue weighted by molar-refractivity contribution is 5.79. The summed E-state index contributed by atoms with van der Waals surface area (Å²) in [5, 5.41) is 25.6. The van der Waals surface area contributed by atoms with E-state index in [1.165, 1.54) is 12.5 Å². The van der Waals surface area contributed by atoms with Crippen molar-refractivity contribution >= 4 is 5.70 Å². The summed E-state index contributed by atoms with van der Waals surface area (Å²) < 4.78 is 21.9. The first kappa shape index (κ1) is 20.1. The van der Waals surface area contributed by atoms with E-state index in [0.717, 1.165) is 47.3 Å². The van der Waals surface area contributed by atoms with E-state index in [1.807, 2.05) is 13.0 Å². The largest absolute Gasteiger partial charge is 0.379 e. The van der Waals surface area contributed by atoms with Crippen molar-refractivity contribution in [1.82, 2.24) is 9.88 Å². The van der Waals surface area contributed by atoms with Gasteiger partial charge in [-0.3, -0.25) is 4.79 Å². The Balaban J connectivity index is 1.57. The fraction of sp³-hybridized carbons (Fsp3) is 0.480. The number of rotatable bonds is 1. The molecule has 3 atom stereocenters. The van der Waals surface area contributed by atoms with Gasteiger partial charge in [0, 0.05) is 16.7 Å². The lowest BCUT2D eigenvalue weighted by atomic mass is 9.74. The van der Waals surface area contributed by atoms with Gasteiger partial charge in [-0.25, -0.2) is 4.39 Å². The van der Waals surface area contributed by atoms with E-state index in [4.69, 9.17) is 4.74 Å². The van der Waals surface area contributed by atoms with Gasteiger partial charge in [0.2, 0.25) is 0 Å². The van der Waals surface area contributed by atoms with Crippen molar-refractivity contribution in [3.05, 3.63) is 73.0 Å². The Kier molecular flexibility index (Phi) is 3.97. The maximum absolute atomic E-state index is 14.7. The van der Waals surface area contributed by atoms with Crippen LogP contribution in [0, 0.1) is 0 Å². The van der Waals surface area contributed by atoms with Crippen molar-refractivity contribution in [2.24, 2.45) is 0 Å². The number of aliphatic hydroxyl groups is 2. The zero-order valence-electron chi connectivity index (χ0n) is 18.5. The number of fused-ring (bicyclic) bond motifs is 4. The smallest absolute Gasteiger partial charge is 0.257 e. The van der Waals surface area contributed by atoms with Crippen LogP contribution in [-0.4, -0.2) is 26.6 Å². The zero-order valence-corrected chi connectivity index (χ0v) is 18.5. The summed E-state index contributed by atoms with van der Waals surface area (Å²) in [6.45, 7) is 5.41. The predicted octanol–water partition coefficient (Wildman–Crippen LogP) is 3.05. The first-order valence-electron chi connectivity index (χ1n) is 11.3. The highest BCUT2D eigenvalue weighted by Crippen LogP contribution is 2.49. The molecule has 1 unspecified atom stereocenters. The molecule has 3 N–H and O–H groups in total. The van der Waals surface area contributed by atoms with E-state index in [0.29, 0.717) is 23.4 Å². The van der Waals surface area contributed by atoms with Crippen molar-refractivity contribution in [2.75, 3.05) is 0 Å². The molecule has 2 aliphatic carbocycles. The number of hydrogen-bond acceptors (Lipinski definition) is 5. The Morgan fingerprint density at radius 2 is 2.03 bits per heavy atom. The van der Waals surface area contributed by atoms with Gasteiger partial charge in [0.1, 0.15) is 11.4 Å². The number of pyridine rings is 1. The molecule has 0 saturated carbocycles. The maximum atomic E-state index is 14.7. The molecule has 0 aromatic carbocycles. The molecule has 6 nitrogen and oxygen atoms in total. The van der Waals surface area contributed by atoms with Crippen LogP contribution < -0.4 is 10.9 Å². The molecule has 0 spiro atoms. The van der Waals surface area contributed by atoms with Crippen LogP contribution >= 0.6 is 0 Å². The molecule has 168 valence electrons. The molecule has 7 heteroatoms. The van der Waals surface area contributed by atoms with Crippen molar-refractivity contribution in [3.8, 4) is 0 Å². The van der Waals surface area contributed by atoms with Crippen LogP contribution in [0.4, 0.5) is 4.39 Å². The summed E-state index contributed by atoms with van der Waals surface area (Å²) in [5.41, 5.74) is 5.62. The van der Waals surface area contributed by atoms with Crippen LogP contribution in [0.3, 0.4) is 0 Å². The molecule has 4 heterocycles. The number of hydrogen-bond donors (Lipinski definition) is 3. The number of aromatic nitrogens is 1. The normalized spacial score (nSPS) is 32.8. The van der Waals surface area contributed by atoms with Crippen LogP contribution in [0.2, 0.25) is 0 Å². The molecule has 0 saturated heterocycles. The van der Waals surface area contributed by atoms with E-state index in [2.05, 4.69) is 5.32 Å². The molecule has 0 radical (unpaired) electrons. The molecule has 1 aromatic heterocycles. The SMILES string of the molecule is CC[C@]1(O)c2cc3n(c(=O)c2CO[C@]1(C)O)CC1=C3NC2C=C(F)C(C)=C3CCCC1=C32. The Hall–Kier alpha value is -2.48. The minimum Gasteiger partial charge on any atom is -0.379 e. The molecule has 0 fully saturated rings. The third-order valence-electron chi connectivity index (χ3n) is 8.10. The molecule has 0 amide bonds. The number of dihydropyridines is 1. The molecular formula is C25H27FN2O4. The van der Waals surface area contributed by atoms with Gasteiger partial charge in [-0.1, -0.05) is 6.92 Å². The van der Waals surface area contributed by atoms with Gasteiger partial charge in [0.15, 0.2) is 5.79 Å². The number of ether oxygens (including phenoxy) is 1. The first-order chi connectivity index (χ1) is 15.2. The van der Waals surface area contributed by atoms with E-state index in [1.54, 1.807) is 17.6 Å². The average molecular weight is 438 g/mol. The Labute approximate surface area is 185 Å². The van der Waals surface area contributed by atoms with E-state index in [-0.39, 0.29) is 30.5 Å². The molecule has 6 rings (SSSR count). The topological polar surface area (TPSA) is 83.7 Å². The molecule has 5 aliphatic rings. The number of nitrogens with zero attached hydrogens (tertiary/aromatic N) is 1. The van der Waals surface area contributed by atoms with Crippen LogP contribution in [0.25, 0.3) is 5.70 Å². The van der Waals surface area contributed by atoms with Crippen molar-refractivity contribution in [3.63, 3.8) is 0 Å². The summed E-state index contributed by atoms with van der Waals surface area (Å²) in [7, 11) is 0. The Morgan fingerprint density at radius 1 is 1.28 bits per heavy atom. The number of halogens is 1. The number of allylic oxidation sites excluding steroid dienone is 4. The summed E-state index contributed by atoms with van der Waals surface area (Å²) >= 11 is 0. The summed E-state index contributed by atoms with van der Waals surface area (Å²) in [6, 6.07) is 1.54. The van der Waals surface area contributed by atoms with Crippen LogP contribution in [0.5, 0.6) is 0 Å². The van der Waals surface area contributed by atoms with Crippen LogP contribution in [0.1, 0.15) is 63.3 Å². The highest BCUT2D eigenvalue weighted by Gasteiger charge is 2.52. The van der Waals surface area contributed by atoms with Crippen LogP contribution in [-0.2, 0) is 23.5 Å². The Morgan fingerprint density at radius 3 is 2.78 bits per heavy atom. The van der Waals surface area contributed by atoms with E-state index < -0.39 is 11.4 Å². The lowest BCUT2D eigenvalue weighted by molar-refractivity contribution is -0.311. The predicted molar refractivity (Wildman–Crippen MR) is 117 cm³/mol. The van der Waals surface area contributed by atoms with E-state index in [9.17, 15) is 19.4 Å². The zero-order chi connectivity index (χ0) is 22.6. The van der Waals surface area contributed by atoms with Crippen molar-refractivity contribution < 1.29 is 19.3 Å². The molecule has 1 aromatic rings. The lowest BCUT2D eigenvalue weighted by Gasteiger charge is -2.45. The molecular weight excluding hydrogens is 411 g/mol. The maximum Gasteiger partial charge on any atom is 0.257 e. The summed E-state index contributed by atoms with van der Waals surface area (Å²) in [6.07, 6.45) is 4.54.